The molecule has 0 atom stereocenters. The van der Waals surface area contributed by atoms with Crippen LogP contribution < -0.4 is 5.56 Å². The second-order valence-electron chi connectivity index (χ2n) is 2.77. The van der Waals surface area contributed by atoms with Crippen LogP contribution in [0.2, 0.25) is 0 Å². The van der Waals surface area contributed by atoms with E-state index >= 15 is 0 Å². The Bertz CT molecular complexity index is 421. The highest BCUT2D eigenvalue weighted by Crippen LogP contribution is 2.21. The lowest BCUT2D eigenvalue weighted by Crippen LogP contribution is -2.21. The maximum Gasteiger partial charge on any atom is 0.343 e. The van der Waals surface area contributed by atoms with Crippen LogP contribution in [0.4, 0.5) is 0 Å². The molecule has 0 amide bonds. The first-order chi connectivity index (χ1) is 6.18. The number of cyclic esters (lactones) is 1. The van der Waals surface area contributed by atoms with Crippen LogP contribution in [-0.4, -0.2) is 22.7 Å². The van der Waals surface area contributed by atoms with Gasteiger partial charge in [0.05, 0.1) is 6.61 Å². The SMILES string of the molecule is O=C1OCCc2cc(=O)[nH]c(O)c21. The monoisotopic (exact) mass is 181 g/mol. The van der Waals surface area contributed by atoms with Crippen LogP contribution in [0.5, 0.6) is 5.88 Å². The first kappa shape index (κ1) is 7.85. The van der Waals surface area contributed by atoms with Crippen molar-refractivity contribution >= 4 is 5.97 Å². The van der Waals surface area contributed by atoms with Crippen molar-refractivity contribution < 1.29 is 14.6 Å². The molecule has 0 unspecified atom stereocenters. The number of fused-ring (bicyclic) bond motifs is 1. The highest BCUT2D eigenvalue weighted by Gasteiger charge is 2.23. The number of aromatic amines is 1. The molecule has 0 saturated carbocycles. The minimum absolute atomic E-state index is 0.0749. The average Bonchev–Trinajstić information content (AvgIpc) is 2.02. The highest BCUT2D eigenvalue weighted by molar-refractivity contribution is 5.94. The molecular weight excluding hydrogens is 174 g/mol. The molecule has 5 nitrogen and oxygen atoms in total. The van der Waals surface area contributed by atoms with Gasteiger partial charge in [-0.25, -0.2) is 4.79 Å². The number of aromatic hydroxyl groups is 1. The highest BCUT2D eigenvalue weighted by atomic mass is 16.5. The Balaban J connectivity index is 2.70. The summed E-state index contributed by atoms with van der Waals surface area (Å²) in [4.78, 5) is 24.1. The third kappa shape index (κ3) is 1.18. The lowest BCUT2D eigenvalue weighted by atomic mass is 10.1. The quantitative estimate of drug-likeness (QED) is 0.543. The van der Waals surface area contributed by atoms with Gasteiger partial charge in [-0.05, 0) is 5.56 Å². The maximum absolute atomic E-state index is 11.1. The number of carbonyl (C=O) groups is 1. The van der Waals surface area contributed by atoms with E-state index in [9.17, 15) is 14.7 Å². The van der Waals surface area contributed by atoms with Crippen LogP contribution in [0.1, 0.15) is 15.9 Å². The van der Waals surface area contributed by atoms with Gasteiger partial charge in [0.2, 0.25) is 5.88 Å². The molecule has 5 heteroatoms. The van der Waals surface area contributed by atoms with Crippen molar-refractivity contribution in [3.05, 3.63) is 27.5 Å². The van der Waals surface area contributed by atoms with Gasteiger partial charge in [0, 0.05) is 12.5 Å². The minimum Gasteiger partial charge on any atom is -0.494 e. The second-order valence-corrected chi connectivity index (χ2v) is 2.77. The molecule has 1 aliphatic rings. The van der Waals surface area contributed by atoms with Gasteiger partial charge in [0.1, 0.15) is 5.56 Å². The third-order valence-corrected chi connectivity index (χ3v) is 1.91. The third-order valence-electron chi connectivity index (χ3n) is 1.91. The number of H-pyrrole nitrogens is 1. The van der Waals surface area contributed by atoms with Crippen LogP contribution in [0.3, 0.4) is 0 Å². The zero-order valence-corrected chi connectivity index (χ0v) is 6.66. The second kappa shape index (κ2) is 2.62. The van der Waals surface area contributed by atoms with Gasteiger partial charge < -0.3 is 9.84 Å². The minimum atomic E-state index is -0.588. The molecule has 0 aliphatic carbocycles. The molecule has 0 fully saturated rings. The molecule has 2 N–H and O–H groups in total. The van der Waals surface area contributed by atoms with Crippen molar-refractivity contribution in [1.82, 2.24) is 4.98 Å². The van der Waals surface area contributed by atoms with Crippen molar-refractivity contribution in [2.45, 2.75) is 6.42 Å². The van der Waals surface area contributed by atoms with Crippen molar-refractivity contribution in [3.8, 4) is 5.88 Å². The van der Waals surface area contributed by atoms with Crippen LogP contribution in [0.25, 0.3) is 0 Å². The van der Waals surface area contributed by atoms with Gasteiger partial charge in [-0.1, -0.05) is 0 Å². The molecule has 2 heterocycles. The average molecular weight is 181 g/mol. The number of ether oxygens (including phenoxy) is 1. The Hall–Kier alpha value is -1.78. The summed E-state index contributed by atoms with van der Waals surface area (Å²) in [7, 11) is 0. The summed E-state index contributed by atoms with van der Waals surface area (Å²) >= 11 is 0. The van der Waals surface area contributed by atoms with Gasteiger partial charge in [0.25, 0.3) is 5.56 Å². The summed E-state index contributed by atoms with van der Waals surface area (Å²) in [5.74, 6) is -0.998. The first-order valence-corrected chi connectivity index (χ1v) is 3.81. The Labute approximate surface area is 73.0 Å². The van der Waals surface area contributed by atoms with E-state index in [2.05, 4.69) is 4.98 Å². The van der Waals surface area contributed by atoms with Crippen molar-refractivity contribution in [1.29, 1.82) is 0 Å². The van der Waals surface area contributed by atoms with Gasteiger partial charge in [-0.2, -0.15) is 0 Å². The Morgan fingerprint density at radius 1 is 1.46 bits per heavy atom. The van der Waals surface area contributed by atoms with Gasteiger partial charge in [0.15, 0.2) is 0 Å². The van der Waals surface area contributed by atoms with Crippen molar-refractivity contribution in [2.24, 2.45) is 0 Å². The normalized spacial score (nSPS) is 14.9. The first-order valence-electron chi connectivity index (χ1n) is 3.81. The Morgan fingerprint density at radius 3 is 3.00 bits per heavy atom. The van der Waals surface area contributed by atoms with Crippen LogP contribution in [0.15, 0.2) is 10.9 Å². The van der Waals surface area contributed by atoms with E-state index in [0.717, 1.165) is 0 Å². The number of carbonyl (C=O) groups excluding carboxylic acids is 1. The standard InChI is InChI=1S/C8H7NO4/c10-5-3-4-1-2-13-8(12)6(4)7(11)9-5/h3H,1-2H2,(H2,9,10,11). The number of rotatable bonds is 0. The summed E-state index contributed by atoms with van der Waals surface area (Å²) in [6.07, 6.45) is 0.471. The Morgan fingerprint density at radius 2 is 2.23 bits per heavy atom. The van der Waals surface area contributed by atoms with E-state index in [4.69, 9.17) is 4.74 Å². The molecule has 2 rings (SSSR count). The fourth-order valence-electron chi connectivity index (χ4n) is 1.35. The fraction of sp³-hybridized carbons (Fsp3) is 0.250. The number of esters is 1. The fourth-order valence-corrected chi connectivity index (χ4v) is 1.35. The zero-order chi connectivity index (χ0) is 9.42. The molecule has 0 saturated heterocycles. The van der Waals surface area contributed by atoms with Gasteiger partial charge in [-0.15, -0.1) is 0 Å². The van der Waals surface area contributed by atoms with E-state index < -0.39 is 17.4 Å². The topological polar surface area (TPSA) is 79.4 Å². The summed E-state index contributed by atoms with van der Waals surface area (Å²) in [5.41, 5.74) is 0.203. The Kier molecular flexibility index (Phi) is 1.58. The van der Waals surface area contributed by atoms with E-state index in [-0.39, 0.29) is 12.2 Å². The van der Waals surface area contributed by atoms with E-state index in [1.165, 1.54) is 6.07 Å². The number of nitrogens with one attached hydrogen (secondary N) is 1. The molecular formula is C8H7NO4. The summed E-state index contributed by atoms with van der Waals surface area (Å²) in [5, 5.41) is 9.25. The number of pyridine rings is 1. The molecule has 68 valence electrons. The summed E-state index contributed by atoms with van der Waals surface area (Å²) < 4.78 is 4.70. The van der Waals surface area contributed by atoms with E-state index in [0.29, 0.717) is 12.0 Å². The van der Waals surface area contributed by atoms with E-state index in [1.54, 1.807) is 0 Å². The molecule has 0 radical (unpaired) electrons. The van der Waals surface area contributed by atoms with Crippen LogP contribution in [-0.2, 0) is 11.2 Å². The number of hydrogen-bond acceptors (Lipinski definition) is 4. The lowest BCUT2D eigenvalue weighted by Gasteiger charge is -2.15. The molecule has 0 spiro atoms. The smallest absolute Gasteiger partial charge is 0.343 e. The molecule has 0 aromatic carbocycles. The predicted molar refractivity (Wildman–Crippen MR) is 42.7 cm³/mol. The van der Waals surface area contributed by atoms with Gasteiger partial charge in [-0.3, -0.25) is 9.78 Å². The largest absolute Gasteiger partial charge is 0.494 e. The van der Waals surface area contributed by atoms with Crippen LogP contribution >= 0.6 is 0 Å². The van der Waals surface area contributed by atoms with E-state index in [1.807, 2.05) is 0 Å². The summed E-state index contributed by atoms with van der Waals surface area (Å²) in [6, 6.07) is 1.30. The lowest BCUT2D eigenvalue weighted by molar-refractivity contribution is 0.0475. The number of aromatic nitrogens is 1. The zero-order valence-electron chi connectivity index (χ0n) is 6.66. The maximum atomic E-state index is 11.1. The molecule has 13 heavy (non-hydrogen) atoms. The summed E-state index contributed by atoms with van der Waals surface area (Å²) in [6.45, 7) is 0.259. The molecule has 0 bridgehead atoms. The molecule has 1 aromatic rings. The van der Waals surface area contributed by atoms with Gasteiger partial charge >= 0.3 is 5.97 Å². The predicted octanol–water partition coefficient (Wildman–Crippen LogP) is -0.207. The van der Waals surface area contributed by atoms with Crippen molar-refractivity contribution in [2.75, 3.05) is 6.61 Å². The van der Waals surface area contributed by atoms with Crippen molar-refractivity contribution in [3.63, 3.8) is 0 Å². The molecule has 1 aliphatic heterocycles. The van der Waals surface area contributed by atoms with Crippen LogP contribution in [0, 0.1) is 0 Å². The number of hydrogen-bond donors (Lipinski definition) is 2. The molecule has 1 aromatic heterocycles.